The minimum absolute atomic E-state index is 0.0205. The summed E-state index contributed by atoms with van der Waals surface area (Å²) < 4.78 is 28.2. The number of rotatable bonds is 10. The first-order valence-corrected chi connectivity index (χ1v) is 11.8. The Labute approximate surface area is 214 Å². The van der Waals surface area contributed by atoms with Crippen molar-refractivity contribution in [3.8, 4) is 5.75 Å². The Morgan fingerprint density at radius 1 is 1.11 bits per heavy atom. The van der Waals surface area contributed by atoms with Crippen molar-refractivity contribution in [3.05, 3.63) is 77.9 Å². The molecule has 0 bridgehead atoms. The second-order valence-corrected chi connectivity index (χ2v) is 8.61. The first-order chi connectivity index (χ1) is 17.8. The number of carbonyl (C=O) groups is 3. The molecular weight excluding hydrogens is 482 g/mol. The van der Waals surface area contributed by atoms with Gasteiger partial charge in [0.2, 0.25) is 0 Å². The normalized spacial score (nSPS) is 25.1. The second-order valence-electron chi connectivity index (χ2n) is 8.61. The van der Waals surface area contributed by atoms with E-state index in [0.717, 1.165) is 10.5 Å². The number of benzene rings is 2. The van der Waals surface area contributed by atoms with Gasteiger partial charge in [-0.2, -0.15) is 0 Å². The van der Waals surface area contributed by atoms with E-state index >= 15 is 0 Å². The number of imide groups is 1. The first-order valence-electron chi connectivity index (χ1n) is 11.8. The van der Waals surface area contributed by atoms with Gasteiger partial charge in [-0.05, 0) is 29.8 Å². The lowest BCUT2D eigenvalue weighted by Gasteiger charge is -2.46. The quantitative estimate of drug-likeness (QED) is 0.290. The fourth-order valence-electron chi connectivity index (χ4n) is 4.43. The van der Waals surface area contributed by atoms with Crippen molar-refractivity contribution in [1.82, 2.24) is 4.90 Å². The maximum absolute atomic E-state index is 13.2. The molecule has 0 spiro atoms. The van der Waals surface area contributed by atoms with Crippen molar-refractivity contribution in [1.29, 1.82) is 0 Å². The Morgan fingerprint density at radius 2 is 1.76 bits per heavy atom. The lowest BCUT2D eigenvalue weighted by Crippen LogP contribution is -2.66. The van der Waals surface area contributed by atoms with E-state index in [4.69, 9.17) is 23.7 Å². The molecule has 2 aromatic rings. The topological polar surface area (TPSA) is 121 Å². The number of aliphatic hydroxyl groups is 1. The van der Waals surface area contributed by atoms with Crippen LogP contribution in [0.4, 0.5) is 0 Å². The van der Waals surface area contributed by atoms with E-state index in [1.165, 1.54) is 25.1 Å². The average molecular weight is 512 g/mol. The van der Waals surface area contributed by atoms with Crippen LogP contribution in [0.15, 0.2) is 61.2 Å². The second kappa shape index (κ2) is 11.7. The van der Waals surface area contributed by atoms with E-state index in [0.29, 0.717) is 5.75 Å². The number of methoxy groups -OCH3 is 1. The number of fused-ring (bicyclic) bond motifs is 1. The highest BCUT2D eigenvalue weighted by Crippen LogP contribution is 2.34. The van der Waals surface area contributed by atoms with Gasteiger partial charge < -0.3 is 28.8 Å². The van der Waals surface area contributed by atoms with Crippen molar-refractivity contribution in [2.24, 2.45) is 0 Å². The molecule has 5 atom stereocenters. The van der Waals surface area contributed by atoms with Gasteiger partial charge >= 0.3 is 5.97 Å². The third-order valence-electron chi connectivity index (χ3n) is 6.16. The van der Waals surface area contributed by atoms with Crippen molar-refractivity contribution in [2.45, 2.75) is 44.2 Å². The van der Waals surface area contributed by atoms with Crippen molar-refractivity contribution in [2.75, 3.05) is 20.3 Å². The lowest BCUT2D eigenvalue weighted by atomic mass is 9.95. The zero-order chi connectivity index (χ0) is 26.5. The number of ether oxygens (including phenoxy) is 5. The van der Waals surface area contributed by atoms with Gasteiger partial charge in [-0.3, -0.25) is 19.3 Å². The Kier molecular flexibility index (Phi) is 8.34. The molecule has 2 aliphatic rings. The number of carbonyl (C=O) groups excluding carboxylic acids is 3. The number of nitrogens with zero attached hydrogens (tertiary/aromatic N) is 1. The minimum atomic E-state index is -1.42. The van der Waals surface area contributed by atoms with E-state index in [2.05, 4.69) is 6.58 Å². The standard InChI is InChI=1S/C27H29NO9/c1-4-13-35-27-22(28-25(31)19-7-5-6-8-20(19)26(28)32)24(36-16(2)29)23(30)21(37-27)15-34-14-17-9-11-18(33-3)12-10-17/h4-12,21-24,27,30H,1,13-15H2,2-3H3/t21-,22-,23-,24-,27-/m1/s1. The highest BCUT2D eigenvalue weighted by Gasteiger charge is 2.55. The molecule has 0 saturated carbocycles. The van der Waals surface area contributed by atoms with Gasteiger partial charge in [0.05, 0.1) is 38.1 Å². The Hall–Kier alpha value is -3.57. The molecule has 2 amide bonds. The van der Waals surface area contributed by atoms with Crippen LogP contribution in [0, 0.1) is 0 Å². The molecule has 37 heavy (non-hydrogen) atoms. The van der Waals surface area contributed by atoms with E-state index in [1.54, 1.807) is 31.4 Å². The first kappa shape index (κ1) is 26.5. The van der Waals surface area contributed by atoms with Crippen LogP contribution in [0.25, 0.3) is 0 Å². The fraction of sp³-hybridized carbons (Fsp3) is 0.370. The summed E-state index contributed by atoms with van der Waals surface area (Å²) in [6, 6.07) is 12.4. The zero-order valence-electron chi connectivity index (χ0n) is 20.6. The molecule has 0 aromatic heterocycles. The Bertz CT molecular complexity index is 1110. The number of aliphatic hydroxyl groups excluding tert-OH is 1. The molecule has 10 nitrogen and oxygen atoms in total. The number of hydrogen-bond donors (Lipinski definition) is 1. The molecule has 1 fully saturated rings. The summed E-state index contributed by atoms with van der Waals surface area (Å²) in [4.78, 5) is 39.4. The summed E-state index contributed by atoms with van der Waals surface area (Å²) in [6.07, 6.45) is -3.47. The third-order valence-corrected chi connectivity index (χ3v) is 6.16. The van der Waals surface area contributed by atoms with Gasteiger partial charge in [-0.25, -0.2) is 0 Å². The largest absolute Gasteiger partial charge is 0.497 e. The maximum Gasteiger partial charge on any atom is 0.303 e. The highest BCUT2D eigenvalue weighted by atomic mass is 16.7. The van der Waals surface area contributed by atoms with Crippen LogP contribution < -0.4 is 4.74 Å². The minimum Gasteiger partial charge on any atom is -0.497 e. The molecule has 10 heteroatoms. The van der Waals surface area contributed by atoms with Crippen LogP contribution >= 0.6 is 0 Å². The van der Waals surface area contributed by atoms with Crippen LogP contribution in [0.5, 0.6) is 5.75 Å². The third kappa shape index (κ3) is 5.57. The van der Waals surface area contributed by atoms with E-state index < -0.39 is 48.4 Å². The molecule has 0 unspecified atom stereocenters. The molecule has 0 aliphatic carbocycles. The van der Waals surface area contributed by atoms with Gasteiger partial charge in [-0.15, -0.1) is 6.58 Å². The SMILES string of the molecule is C=CCO[C@@H]1O[C@H](COCc2ccc(OC)cc2)[C@@H](O)[C@H](OC(C)=O)[C@H]1N1C(=O)c2ccccc2C1=O. The van der Waals surface area contributed by atoms with Gasteiger partial charge in [0.15, 0.2) is 12.4 Å². The van der Waals surface area contributed by atoms with Crippen molar-refractivity contribution in [3.63, 3.8) is 0 Å². The van der Waals surface area contributed by atoms with E-state index in [-0.39, 0.29) is 30.9 Å². The smallest absolute Gasteiger partial charge is 0.303 e. The molecule has 2 aliphatic heterocycles. The molecule has 1 saturated heterocycles. The molecule has 0 radical (unpaired) electrons. The summed E-state index contributed by atoms with van der Waals surface area (Å²) in [7, 11) is 1.58. The predicted molar refractivity (Wildman–Crippen MR) is 130 cm³/mol. The van der Waals surface area contributed by atoms with Crippen LogP contribution in [-0.2, 0) is 30.3 Å². The highest BCUT2D eigenvalue weighted by molar-refractivity contribution is 6.21. The van der Waals surface area contributed by atoms with Gasteiger partial charge in [0, 0.05) is 6.92 Å². The van der Waals surface area contributed by atoms with Gasteiger partial charge in [0.25, 0.3) is 11.8 Å². The van der Waals surface area contributed by atoms with Crippen LogP contribution in [0.2, 0.25) is 0 Å². The fourth-order valence-corrected chi connectivity index (χ4v) is 4.43. The predicted octanol–water partition coefficient (Wildman–Crippen LogP) is 2.10. The maximum atomic E-state index is 13.2. The monoisotopic (exact) mass is 511 g/mol. The lowest BCUT2D eigenvalue weighted by molar-refractivity contribution is -0.282. The summed E-state index contributed by atoms with van der Waals surface area (Å²) in [5.74, 6) is -1.19. The molecule has 196 valence electrons. The Balaban J connectivity index is 1.57. The van der Waals surface area contributed by atoms with Gasteiger partial charge in [-0.1, -0.05) is 30.3 Å². The van der Waals surface area contributed by atoms with E-state index in [9.17, 15) is 19.5 Å². The zero-order valence-corrected chi connectivity index (χ0v) is 20.6. The van der Waals surface area contributed by atoms with Crippen LogP contribution in [0.1, 0.15) is 33.2 Å². The molecule has 1 N–H and O–H groups in total. The van der Waals surface area contributed by atoms with Crippen molar-refractivity contribution >= 4 is 17.8 Å². The van der Waals surface area contributed by atoms with E-state index in [1.807, 2.05) is 12.1 Å². The number of amides is 2. The van der Waals surface area contributed by atoms with Crippen molar-refractivity contribution < 1.29 is 43.2 Å². The summed E-state index contributed by atoms with van der Waals surface area (Å²) >= 11 is 0. The Morgan fingerprint density at radius 3 is 2.32 bits per heavy atom. The number of hydrogen-bond acceptors (Lipinski definition) is 9. The summed E-state index contributed by atoms with van der Waals surface area (Å²) in [6.45, 7) is 4.97. The summed E-state index contributed by atoms with van der Waals surface area (Å²) in [5, 5.41) is 11.2. The molecular formula is C27H29NO9. The molecule has 2 heterocycles. The molecule has 2 aromatic carbocycles. The average Bonchev–Trinajstić information content (AvgIpc) is 3.15. The molecule has 4 rings (SSSR count). The van der Waals surface area contributed by atoms with Gasteiger partial charge in [0.1, 0.15) is 24.0 Å². The van der Waals surface area contributed by atoms with Crippen LogP contribution in [0.3, 0.4) is 0 Å². The number of esters is 1. The van der Waals surface area contributed by atoms with Crippen LogP contribution in [-0.4, -0.2) is 78.8 Å². The summed E-state index contributed by atoms with van der Waals surface area (Å²) in [5.41, 5.74) is 1.28.